The van der Waals surface area contributed by atoms with Crippen molar-refractivity contribution in [2.45, 2.75) is 58.5 Å². The van der Waals surface area contributed by atoms with Crippen LogP contribution in [0.3, 0.4) is 0 Å². The third-order valence-electron chi connectivity index (χ3n) is 4.16. The van der Waals surface area contributed by atoms with Crippen LogP contribution in [0, 0.1) is 5.92 Å². The van der Waals surface area contributed by atoms with Crippen LogP contribution in [0.5, 0.6) is 0 Å². The molecular formula is C15H29ClN4O3. The first-order valence-electron chi connectivity index (χ1n) is 7.93. The molecule has 0 saturated carbocycles. The third kappa shape index (κ3) is 5.07. The minimum absolute atomic E-state index is 0. The number of hydrogen-bond acceptors (Lipinski definition) is 4. The summed E-state index contributed by atoms with van der Waals surface area (Å²) in [4.78, 5) is 37.5. The molecule has 0 aromatic heterocycles. The van der Waals surface area contributed by atoms with Gasteiger partial charge in [-0.1, -0.05) is 27.7 Å². The normalized spacial score (nSPS) is 17.7. The molecule has 0 spiro atoms. The molecule has 1 aliphatic heterocycles. The molecule has 0 aliphatic carbocycles. The predicted octanol–water partition coefficient (Wildman–Crippen LogP) is 1.01. The summed E-state index contributed by atoms with van der Waals surface area (Å²) in [5, 5.41) is 5.50. The van der Waals surface area contributed by atoms with E-state index in [0.717, 1.165) is 11.3 Å². The lowest BCUT2D eigenvalue weighted by Gasteiger charge is -2.23. The Morgan fingerprint density at radius 2 is 1.87 bits per heavy atom. The SMILES string of the molecule is CCC1(CC)NC(=O)N(CC(=O)NC(CN)CC(C)C)C1=O.Cl. The molecule has 0 radical (unpaired) electrons. The molecule has 1 atom stereocenters. The number of nitrogens with two attached hydrogens (primary N) is 1. The zero-order valence-corrected chi connectivity index (χ0v) is 15.2. The summed E-state index contributed by atoms with van der Waals surface area (Å²) in [7, 11) is 0. The zero-order chi connectivity index (χ0) is 16.9. The Hall–Kier alpha value is -1.34. The van der Waals surface area contributed by atoms with Crippen LogP contribution in [0.2, 0.25) is 0 Å². The van der Waals surface area contributed by atoms with E-state index in [9.17, 15) is 14.4 Å². The molecule has 4 N–H and O–H groups in total. The van der Waals surface area contributed by atoms with E-state index in [-0.39, 0.29) is 36.8 Å². The standard InChI is InChI=1S/C15H28N4O3.ClH/c1-5-15(6-2)13(21)19(14(22)18-15)9-12(20)17-11(8-16)7-10(3)4;/h10-11H,5-9,16H2,1-4H3,(H,17,20)(H,18,22);1H. The monoisotopic (exact) mass is 348 g/mol. The van der Waals surface area contributed by atoms with Gasteiger partial charge in [-0.3, -0.25) is 14.5 Å². The first kappa shape index (κ1) is 21.7. The fourth-order valence-corrected chi connectivity index (χ4v) is 2.75. The van der Waals surface area contributed by atoms with Gasteiger partial charge in [0.2, 0.25) is 5.91 Å². The Bertz CT molecular complexity index is 438. The molecule has 23 heavy (non-hydrogen) atoms. The molecule has 1 heterocycles. The van der Waals surface area contributed by atoms with Gasteiger partial charge in [0.1, 0.15) is 12.1 Å². The highest BCUT2D eigenvalue weighted by Crippen LogP contribution is 2.24. The molecule has 8 heteroatoms. The fourth-order valence-electron chi connectivity index (χ4n) is 2.75. The minimum Gasteiger partial charge on any atom is -0.351 e. The van der Waals surface area contributed by atoms with Crippen molar-refractivity contribution in [3.8, 4) is 0 Å². The highest BCUT2D eigenvalue weighted by atomic mass is 35.5. The second-order valence-corrected chi connectivity index (χ2v) is 6.24. The highest BCUT2D eigenvalue weighted by Gasteiger charge is 2.49. The van der Waals surface area contributed by atoms with Crippen LogP contribution in [0.4, 0.5) is 4.79 Å². The third-order valence-corrected chi connectivity index (χ3v) is 4.16. The van der Waals surface area contributed by atoms with Gasteiger partial charge in [0.05, 0.1) is 0 Å². The van der Waals surface area contributed by atoms with E-state index in [1.165, 1.54) is 0 Å². The number of rotatable bonds is 8. The maximum absolute atomic E-state index is 12.4. The number of nitrogens with zero attached hydrogens (tertiary/aromatic N) is 1. The van der Waals surface area contributed by atoms with Crippen molar-refractivity contribution in [1.82, 2.24) is 15.5 Å². The number of carbonyl (C=O) groups is 3. The molecule has 1 saturated heterocycles. The van der Waals surface area contributed by atoms with Gasteiger partial charge in [-0.25, -0.2) is 4.79 Å². The Morgan fingerprint density at radius 3 is 2.26 bits per heavy atom. The Kier molecular flexibility index (Phi) is 8.55. The number of nitrogens with one attached hydrogen (secondary N) is 2. The molecule has 0 aromatic carbocycles. The molecule has 134 valence electrons. The van der Waals surface area contributed by atoms with Crippen LogP contribution in [-0.2, 0) is 9.59 Å². The second kappa shape index (κ2) is 9.08. The van der Waals surface area contributed by atoms with E-state index < -0.39 is 11.6 Å². The van der Waals surface area contributed by atoms with Crippen molar-refractivity contribution in [3.63, 3.8) is 0 Å². The lowest BCUT2D eigenvalue weighted by atomic mass is 9.93. The van der Waals surface area contributed by atoms with Crippen LogP contribution in [0.15, 0.2) is 0 Å². The summed E-state index contributed by atoms with van der Waals surface area (Å²) in [6.45, 7) is 7.85. The summed E-state index contributed by atoms with van der Waals surface area (Å²) in [6.07, 6.45) is 1.77. The van der Waals surface area contributed by atoms with Gasteiger partial charge in [-0.2, -0.15) is 0 Å². The van der Waals surface area contributed by atoms with Crippen LogP contribution in [-0.4, -0.2) is 47.4 Å². The largest absolute Gasteiger partial charge is 0.351 e. The first-order chi connectivity index (χ1) is 10.3. The van der Waals surface area contributed by atoms with Crippen molar-refractivity contribution in [2.75, 3.05) is 13.1 Å². The molecule has 7 nitrogen and oxygen atoms in total. The maximum Gasteiger partial charge on any atom is 0.325 e. The van der Waals surface area contributed by atoms with Gasteiger partial charge >= 0.3 is 6.03 Å². The number of halogens is 1. The lowest BCUT2D eigenvalue weighted by Crippen LogP contribution is -2.48. The van der Waals surface area contributed by atoms with E-state index in [2.05, 4.69) is 10.6 Å². The number of urea groups is 1. The van der Waals surface area contributed by atoms with Gasteiger partial charge in [0.15, 0.2) is 0 Å². The fraction of sp³-hybridized carbons (Fsp3) is 0.800. The molecule has 1 unspecified atom stereocenters. The Labute approximate surface area is 144 Å². The maximum atomic E-state index is 12.4. The van der Waals surface area contributed by atoms with Gasteiger partial charge in [0, 0.05) is 12.6 Å². The van der Waals surface area contributed by atoms with Crippen molar-refractivity contribution in [1.29, 1.82) is 0 Å². The molecule has 0 bridgehead atoms. The van der Waals surface area contributed by atoms with E-state index in [4.69, 9.17) is 5.73 Å². The van der Waals surface area contributed by atoms with E-state index >= 15 is 0 Å². The number of carbonyl (C=O) groups excluding carboxylic acids is 3. The highest BCUT2D eigenvalue weighted by molar-refractivity contribution is 6.08. The van der Waals surface area contributed by atoms with Crippen LogP contribution in [0.1, 0.15) is 47.0 Å². The average molecular weight is 349 g/mol. The van der Waals surface area contributed by atoms with Gasteiger partial charge in [0.25, 0.3) is 5.91 Å². The molecule has 1 aliphatic rings. The van der Waals surface area contributed by atoms with Gasteiger partial charge in [-0.15, -0.1) is 12.4 Å². The minimum atomic E-state index is -0.872. The summed E-state index contributed by atoms with van der Waals surface area (Å²) >= 11 is 0. The molecule has 1 rings (SSSR count). The lowest BCUT2D eigenvalue weighted by molar-refractivity contribution is -0.135. The first-order valence-corrected chi connectivity index (χ1v) is 7.93. The number of hydrogen-bond donors (Lipinski definition) is 3. The average Bonchev–Trinajstić information content (AvgIpc) is 2.70. The summed E-state index contributed by atoms with van der Waals surface area (Å²) in [5.74, 6) is -0.285. The molecule has 0 aromatic rings. The van der Waals surface area contributed by atoms with Gasteiger partial charge in [-0.05, 0) is 25.2 Å². The number of amides is 4. The summed E-state index contributed by atoms with van der Waals surface area (Å²) in [6, 6.07) is -0.646. The second-order valence-electron chi connectivity index (χ2n) is 6.24. The van der Waals surface area contributed by atoms with Gasteiger partial charge < -0.3 is 16.4 Å². The topological polar surface area (TPSA) is 105 Å². The van der Waals surface area contributed by atoms with Crippen LogP contribution < -0.4 is 16.4 Å². The van der Waals surface area contributed by atoms with Crippen molar-refractivity contribution >= 4 is 30.3 Å². The van der Waals surface area contributed by atoms with Crippen molar-refractivity contribution in [3.05, 3.63) is 0 Å². The smallest absolute Gasteiger partial charge is 0.325 e. The van der Waals surface area contributed by atoms with E-state index in [0.29, 0.717) is 25.3 Å². The Balaban J connectivity index is 0.00000484. The molecule has 4 amide bonds. The molecular weight excluding hydrogens is 320 g/mol. The summed E-state index contributed by atoms with van der Waals surface area (Å²) < 4.78 is 0. The van der Waals surface area contributed by atoms with Crippen molar-refractivity contribution < 1.29 is 14.4 Å². The predicted molar refractivity (Wildman–Crippen MR) is 91.2 cm³/mol. The summed E-state index contributed by atoms with van der Waals surface area (Å²) in [5.41, 5.74) is 4.77. The van der Waals surface area contributed by atoms with E-state index in [1.807, 2.05) is 27.7 Å². The number of imide groups is 1. The van der Waals surface area contributed by atoms with E-state index in [1.54, 1.807) is 0 Å². The van der Waals surface area contributed by atoms with Crippen LogP contribution >= 0.6 is 12.4 Å². The van der Waals surface area contributed by atoms with Crippen molar-refractivity contribution in [2.24, 2.45) is 11.7 Å². The Morgan fingerprint density at radius 1 is 1.30 bits per heavy atom. The molecule has 1 fully saturated rings. The van der Waals surface area contributed by atoms with Crippen LogP contribution in [0.25, 0.3) is 0 Å². The zero-order valence-electron chi connectivity index (χ0n) is 14.3. The quantitative estimate of drug-likeness (QED) is 0.569.